The van der Waals surface area contributed by atoms with Crippen molar-refractivity contribution in [2.45, 2.75) is 174 Å². The number of esters is 1. The Bertz CT molecular complexity index is 433. The zero-order chi connectivity index (χ0) is 25.5. The van der Waals surface area contributed by atoms with Gasteiger partial charge in [0.15, 0.2) is 0 Å². The van der Waals surface area contributed by atoms with E-state index in [1.165, 1.54) is 161 Å². The summed E-state index contributed by atoms with van der Waals surface area (Å²) in [6.07, 6.45) is 39.5. The maximum atomic E-state index is 10.7. The summed E-state index contributed by atoms with van der Waals surface area (Å²) < 4.78 is 4.96. The molecule has 0 aromatic heterocycles. The minimum Gasteiger partial charge on any atom is -0.466 e. The van der Waals surface area contributed by atoms with Crippen LogP contribution in [0.1, 0.15) is 174 Å². The van der Waals surface area contributed by atoms with Gasteiger partial charge in [0, 0.05) is 13.5 Å². The lowest BCUT2D eigenvalue weighted by molar-refractivity contribution is -0.141. The minimum absolute atomic E-state index is 0.155. The van der Waals surface area contributed by atoms with Crippen molar-refractivity contribution in [2.24, 2.45) is 0 Å². The molecule has 0 aromatic carbocycles. The number of allylic oxidation sites excluding steroid dienone is 2. The molecule has 0 fully saturated rings. The molecule has 0 saturated carbocycles. The fourth-order valence-electron chi connectivity index (χ4n) is 4.73. The Balaban J connectivity index is 3.08. The molecule has 3 nitrogen and oxygen atoms in total. The van der Waals surface area contributed by atoms with Gasteiger partial charge < -0.3 is 9.84 Å². The minimum atomic E-state index is -0.155. The Labute approximate surface area is 219 Å². The third kappa shape index (κ3) is 33.2. The molecule has 0 aliphatic heterocycles. The van der Waals surface area contributed by atoms with Gasteiger partial charge in [-0.25, -0.2) is 0 Å². The summed E-state index contributed by atoms with van der Waals surface area (Å²) in [6, 6.07) is 0. The molecule has 0 atom stereocenters. The van der Waals surface area contributed by atoms with Gasteiger partial charge in [-0.05, 0) is 38.5 Å². The van der Waals surface area contributed by atoms with E-state index in [0.29, 0.717) is 13.2 Å². The number of aliphatic hydroxyl groups is 1. The van der Waals surface area contributed by atoms with Crippen molar-refractivity contribution in [3.63, 3.8) is 0 Å². The number of aliphatic hydroxyl groups excluding tert-OH is 1. The summed E-state index contributed by atoms with van der Waals surface area (Å²) in [6.45, 7) is 2.44. The highest BCUT2D eigenvalue weighted by Gasteiger charge is 1.96. The van der Waals surface area contributed by atoms with E-state index < -0.39 is 0 Å². The summed E-state index contributed by atoms with van der Waals surface area (Å²) in [5.74, 6) is -0.155. The summed E-state index contributed by atoms with van der Waals surface area (Å²) >= 11 is 0. The molecule has 3 heteroatoms. The van der Waals surface area contributed by atoms with Crippen molar-refractivity contribution in [3.05, 3.63) is 12.2 Å². The van der Waals surface area contributed by atoms with Crippen LogP contribution in [0.4, 0.5) is 0 Å². The van der Waals surface area contributed by atoms with Gasteiger partial charge in [-0.3, -0.25) is 4.79 Å². The second kappa shape index (κ2) is 31.2. The molecule has 0 unspecified atom stereocenters. The molecule has 0 heterocycles. The topological polar surface area (TPSA) is 46.5 Å². The molecule has 0 aliphatic rings. The summed E-state index contributed by atoms with van der Waals surface area (Å²) in [5, 5.41) is 8.76. The Morgan fingerprint density at radius 1 is 0.486 bits per heavy atom. The van der Waals surface area contributed by atoms with Crippen LogP contribution in [0, 0.1) is 0 Å². The Morgan fingerprint density at radius 3 is 1.09 bits per heavy atom. The normalized spacial score (nSPS) is 11.5. The summed E-state index contributed by atoms with van der Waals surface area (Å²) in [7, 11) is 0. The second-order valence-electron chi connectivity index (χ2n) is 10.6. The Kier molecular flexibility index (Phi) is 30.5. The maximum Gasteiger partial charge on any atom is 0.302 e. The van der Waals surface area contributed by atoms with Gasteiger partial charge in [0.05, 0.1) is 6.61 Å². The van der Waals surface area contributed by atoms with Crippen molar-refractivity contribution in [3.8, 4) is 0 Å². The van der Waals surface area contributed by atoms with E-state index in [4.69, 9.17) is 9.84 Å². The zero-order valence-corrected chi connectivity index (χ0v) is 23.7. The second-order valence-corrected chi connectivity index (χ2v) is 10.6. The fourth-order valence-corrected chi connectivity index (χ4v) is 4.73. The van der Waals surface area contributed by atoms with Crippen LogP contribution in [-0.4, -0.2) is 24.3 Å². The standard InChI is InChI=1S/C32H62O3/c1-32(34)35-31-29-27-25-23-21-19-17-15-13-11-9-7-5-3-2-4-6-8-10-12-14-16-18-20-22-24-26-28-30-33/h2-3,33H,4-31H2,1H3/b3-2+. The molecule has 35 heavy (non-hydrogen) atoms. The first kappa shape index (κ1) is 34.2. The van der Waals surface area contributed by atoms with Gasteiger partial charge in [-0.15, -0.1) is 0 Å². The van der Waals surface area contributed by atoms with E-state index in [1.54, 1.807) is 0 Å². The lowest BCUT2D eigenvalue weighted by Gasteiger charge is -2.03. The van der Waals surface area contributed by atoms with Crippen LogP contribution in [0.3, 0.4) is 0 Å². The average molecular weight is 495 g/mol. The first-order valence-electron chi connectivity index (χ1n) is 15.7. The maximum absolute atomic E-state index is 10.7. The smallest absolute Gasteiger partial charge is 0.302 e. The molecule has 0 radical (unpaired) electrons. The number of unbranched alkanes of at least 4 members (excludes halogenated alkanes) is 24. The van der Waals surface area contributed by atoms with Crippen molar-refractivity contribution in [1.82, 2.24) is 0 Å². The molecule has 0 spiro atoms. The van der Waals surface area contributed by atoms with Gasteiger partial charge >= 0.3 is 5.97 Å². The lowest BCUT2D eigenvalue weighted by atomic mass is 10.0. The molecule has 0 bridgehead atoms. The van der Waals surface area contributed by atoms with Gasteiger partial charge in [0.2, 0.25) is 0 Å². The van der Waals surface area contributed by atoms with E-state index in [0.717, 1.165) is 12.8 Å². The number of hydrogen-bond acceptors (Lipinski definition) is 3. The predicted molar refractivity (Wildman–Crippen MR) is 153 cm³/mol. The van der Waals surface area contributed by atoms with E-state index >= 15 is 0 Å². The average Bonchev–Trinajstić information content (AvgIpc) is 2.85. The van der Waals surface area contributed by atoms with Crippen LogP contribution in [0.5, 0.6) is 0 Å². The number of ether oxygens (including phenoxy) is 1. The lowest BCUT2D eigenvalue weighted by Crippen LogP contribution is -2.00. The molecule has 1 N–H and O–H groups in total. The van der Waals surface area contributed by atoms with Crippen LogP contribution < -0.4 is 0 Å². The van der Waals surface area contributed by atoms with Crippen molar-refractivity contribution < 1.29 is 14.6 Å². The number of rotatable bonds is 29. The third-order valence-electron chi connectivity index (χ3n) is 7.02. The number of carbonyl (C=O) groups is 1. The highest BCUT2D eigenvalue weighted by atomic mass is 16.5. The van der Waals surface area contributed by atoms with Gasteiger partial charge in [-0.2, -0.15) is 0 Å². The highest BCUT2D eigenvalue weighted by Crippen LogP contribution is 2.14. The monoisotopic (exact) mass is 494 g/mol. The number of carbonyl (C=O) groups excluding carboxylic acids is 1. The van der Waals surface area contributed by atoms with Gasteiger partial charge in [-0.1, -0.05) is 141 Å². The van der Waals surface area contributed by atoms with Crippen molar-refractivity contribution in [1.29, 1.82) is 0 Å². The van der Waals surface area contributed by atoms with Crippen LogP contribution in [0.2, 0.25) is 0 Å². The Hall–Kier alpha value is -0.830. The molecule has 0 aliphatic carbocycles. The quantitative estimate of drug-likeness (QED) is 0.0639. The molecule has 208 valence electrons. The molecular formula is C32H62O3. The van der Waals surface area contributed by atoms with E-state index in [2.05, 4.69) is 12.2 Å². The predicted octanol–water partition coefficient (Wildman–Crippen LogP) is 10.2. The summed E-state index contributed by atoms with van der Waals surface area (Å²) in [5.41, 5.74) is 0. The van der Waals surface area contributed by atoms with Gasteiger partial charge in [0.1, 0.15) is 0 Å². The van der Waals surface area contributed by atoms with Crippen molar-refractivity contribution in [2.75, 3.05) is 13.2 Å². The third-order valence-corrected chi connectivity index (χ3v) is 7.02. The molecular weight excluding hydrogens is 432 g/mol. The molecule has 0 rings (SSSR count). The molecule has 0 amide bonds. The largest absolute Gasteiger partial charge is 0.466 e. The van der Waals surface area contributed by atoms with Crippen molar-refractivity contribution >= 4 is 5.97 Å². The first-order chi connectivity index (χ1) is 17.3. The SMILES string of the molecule is CC(=O)OCCCCCCCCCCCCCC/C=C/CCCCCCCCCCCCCCO. The van der Waals surface area contributed by atoms with Crippen LogP contribution in [0.25, 0.3) is 0 Å². The highest BCUT2D eigenvalue weighted by molar-refractivity contribution is 5.65. The number of hydrogen-bond donors (Lipinski definition) is 1. The van der Waals surface area contributed by atoms with Crippen LogP contribution in [0.15, 0.2) is 12.2 Å². The van der Waals surface area contributed by atoms with Crippen LogP contribution >= 0.6 is 0 Å². The first-order valence-corrected chi connectivity index (χ1v) is 15.7. The zero-order valence-electron chi connectivity index (χ0n) is 23.7. The van der Waals surface area contributed by atoms with E-state index in [1.807, 2.05) is 0 Å². The molecule has 0 saturated heterocycles. The van der Waals surface area contributed by atoms with Gasteiger partial charge in [0.25, 0.3) is 0 Å². The Morgan fingerprint density at radius 2 is 0.771 bits per heavy atom. The van der Waals surface area contributed by atoms with Crippen LogP contribution in [-0.2, 0) is 9.53 Å². The summed E-state index contributed by atoms with van der Waals surface area (Å²) in [4.78, 5) is 10.7. The van der Waals surface area contributed by atoms with E-state index in [9.17, 15) is 4.79 Å². The van der Waals surface area contributed by atoms with E-state index in [-0.39, 0.29) is 5.97 Å². The molecule has 0 aromatic rings. The fraction of sp³-hybridized carbons (Fsp3) is 0.906.